The van der Waals surface area contributed by atoms with E-state index < -0.39 is 0 Å². The fourth-order valence-electron chi connectivity index (χ4n) is 4.52. The van der Waals surface area contributed by atoms with Gasteiger partial charge in [0.1, 0.15) is 17.8 Å². The number of nitrogens with zero attached hydrogens (tertiary/aromatic N) is 1. The first-order valence-electron chi connectivity index (χ1n) is 18.2. The van der Waals surface area contributed by atoms with Crippen LogP contribution < -0.4 is 26.8 Å². The molecular formula is C44H61N5O3. The van der Waals surface area contributed by atoms with Crippen LogP contribution >= 0.6 is 0 Å². The molecule has 4 aromatic carbocycles. The topological polar surface area (TPSA) is 132 Å². The van der Waals surface area contributed by atoms with E-state index in [0.29, 0.717) is 12.0 Å². The van der Waals surface area contributed by atoms with Crippen molar-refractivity contribution >= 4 is 29.3 Å². The molecule has 0 heterocycles. The van der Waals surface area contributed by atoms with Gasteiger partial charge in [0.25, 0.3) is 5.91 Å². The number of benzene rings is 4. The highest BCUT2D eigenvalue weighted by Crippen LogP contribution is 2.28. The van der Waals surface area contributed by atoms with Gasteiger partial charge in [0.2, 0.25) is 0 Å². The second-order valence-electron chi connectivity index (χ2n) is 12.1. The number of aliphatic imine (C=N–C) groups is 1. The standard InChI is InChI=1S/C32H32N2O2.C8H18N2.C3H6O.CH5N/c1-5-23(3)31(25-12-10-16-29(20-25)36-28-14-7-6-8-15-28)34-30-21-26(18-17-24(30)4)32(35)33-27-13-9-11-22(2)19-27;1-4-6-10-8(9)7(3)5-2;1-2-3-4;1-2/h6-21,23H,5H2,1-4H3,(H,33,35);10H,4-6,9H2,1-3H3;3H,2H2,1H3;2H2,1H3/b;8-7+;;. The maximum absolute atomic E-state index is 13.0. The van der Waals surface area contributed by atoms with Crippen molar-refractivity contribution in [3.05, 3.63) is 131 Å². The number of rotatable bonds is 13. The Labute approximate surface area is 312 Å². The van der Waals surface area contributed by atoms with E-state index in [1.807, 2.05) is 112 Å². The van der Waals surface area contributed by atoms with Gasteiger partial charge in [0.15, 0.2) is 0 Å². The number of hydrogen-bond donors (Lipinski definition) is 4. The molecule has 0 aromatic heterocycles. The van der Waals surface area contributed by atoms with Gasteiger partial charge in [-0.25, -0.2) is 0 Å². The maximum atomic E-state index is 13.0. The Balaban J connectivity index is 0.000000711. The quantitative estimate of drug-likeness (QED) is 0.0808. The molecule has 6 N–H and O–H groups in total. The zero-order valence-electron chi connectivity index (χ0n) is 32.8. The van der Waals surface area contributed by atoms with Crippen LogP contribution in [0.25, 0.3) is 0 Å². The minimum Gasteiger partial charge on any atom is -0.457 e. The van der Waals surface area contributed by atoms with Gasteiger partial charge < -0.3 is 31.6 Å². The third-order valence-electron chi connectivity index (χ3n) is 7.90. The van der Waals surface area contributed by atoms with Crippen molar-refractivity contribution in [3.63, 3.8) is 0 Å². The van der Waals surface area contributed by atoms with E-state index >= 15 is 0 Å². The smallest absolute Gasteiger partial charge is 0.255 e. The summed E-state index contributed by atoms with van der Waals surface area (Å²) in [4.78, 5) is 27.2. The Morgan fingerprint density at radius 2 is 1.50 bits per heavy atom. The van der Waals surface area contributed by atoms with Crippen LogP contribution in [0.3, 0.4) is 0 Å². The monoisotopic (exact) mass is 707 g/mol. The summed E-state index contributed by atoms with van der Waals surface area (Å²) in [6, 6.07) is 31.2. The second kappa shape index (κ2) is 25.7. The lowest BCUT2D eigenvalue weighted by atomic mass is 9.95. The van der Waals surface area contributed by atoms with Gasteiger partial charge in [-0.15, -0.1) is 0 Å². The Morgan fingerprint density at radius 3 is 2.10 bits per heavy atom. The van der Waals surface area contributed by atoms with Gasteiger partial charge in [-0.3, -0.25) is 9.79 Å². The van der Waals surface area contributed by atoms with E-state index in [2.05, 4.69) is 57.1 Å². The first kappa shape index (κ1) is 44.8. The largest absolute Gasteiger partial charge is 0.457 e. The number of aldehydes is 1. The summed E-state index contributed by atoms with van der Waals surface area (Å²) in [5, 5.41) is 6.13. The van der Waals surface area contributed by atoms with Crippen LogP contribution in [0.15, 0.2) is 113 Å². The zero-order valence-corrected chi connectivity index (χ0v) is 32.8. The van der Waals surface area contributed by atoms with Crippen LogP contribution in [0.2, 0.25) is 0 Å². The SMILES string of the molecule is CCC(C)C(=Nc1cc(C(=O)Nc2cccc(C)c2)ccc1C)c1cccc(Oc2ccccc2)c1.CCC=O.CCCN/C(N)=C(\C)CC.CN. The molecule has 0 radical (unpaired) electrons. The van der Waals surface area contributed by atoms with Crippen molar-refractivity contribution in [3.8, 4) is 11.5 Å². The Morgan fingerprint density at radius 1 is 0.846 bits per heavy atom. The number of nitrogens with two attached hydrogens (primary N) is 2. The van der Waals surface area contributed by atoms with Gasteiger partial charge in [-0.05, 0) is 124 Å². The predicted molar refractivity (Wildman–Crippen MR) is 221 cm³/mol. The summed E-state index contributed by atoms with van der Waals surface area (Å²) in [5.41, 5.74) is 17.7. The minimum atomic E-state index is -0.152. The highest BCUT2D eigenvalue weighted by molar-refractivity contribution is 6.06. The fourth-order valence-corrected chi connectivity index (χ4v) is 4.52. The number of ether oxygens (including phenoxy) is 1. The Hall–Kier alpha value is -5.21. The molecule has 0 saturated carbocycles. The first-order valence-corrected chi connectivity index (χ1v) is 18.2. The molecule has 8 heteroatoms. The number of amides is 1. The van der Waals surface area contributed by atoms with E-state index in [1.165, 1.54) is 12.6 Å². The van der Waals surface area contributed by atoms with E-state index in [4.69, 9.17) is 15.5 Å². The van der Waals surface area contributed by atoms with Crippen LogP contribution in [-0.2, 0) is 4.79 Å². The van der Waals surface area contributed by atoms with Crippen molar-refractivity contribution in [2.45, 2.75) is 81.1 Å². The highest BCUT2D eigenvalue weighted by atomic mass is 16.5. The lowest BCUT2D eigenvalue weighted by Gasteiger charge is -2.16. The molecule has 0 spiro atoms. The van der Waals surface area contributed by atoms with Crippen LogP contribution in [0.5, 0.6) is 11.5 Å². The normalized spacial score (nSPS) is 11.5. The molecule has 1 atom stereocenters. The molecule has 0 saturated heterocycles. The van der Waals surface area contributed by atoms with Gasteiger partial charge >= 0.3 is 0 Å². The number of anilines is 1. The summed E-state index contributed by atoms with van der Waals surface area (Å²) in [6.07, 6.45) is 4.61. The van der Waals surface area contributed by atoms with Crippen LogP contribution in [0.4, 0.5) is 11.4 Å². The lowest BCUT2D eigenvalue weighted by molar-refractivity contribution is -0.107. The van der Waals surface area contributed by atoms with Crippen molar-refractivity contribution in [2.75, 3.05) is 18.9 Å². The molecule has 1 amide bonds. The minimum absolute atomic E-state index is 0.152. The lowest BCUT2D eigenvalue weighted by Crippen LogP contribution is -2.22. The van der Waals surface area contributed by atoms with Gasteiger partial charge in [0.05, 0.1) is 17.2 Å². The number of carbonyl (C=O) groups is 2. The average Bonchev–Trinajstić information content (AvgIpc) is 3.17. The number of hydrogen-bond acceptors (Lipinski definition) is 7. The third-order valence-corrected chi connectivity index (χ3v) is 7.90. The van der Waals surface area contributed by atoms with Crippen LogP contribution in [0.1, 0.15) is 94.3 Å². The van der Waals surface area contributed by atoms with E-state index in [0.717, 1.165) is 83.2 Å². The summed E-state index contributed by atoms with van der Waals surface area (Å²) in [6.45, 7) is 17.4. The summed E-state index contributed by atoms with van der Waals surface area (Å²) in [7, 11) is 1.50. The summed E-state index contributed by atoms with van der Waals surface area (Å²) < 4.78 is 6.06. The number of carbonyl (C=O) groups excluding carboxylic acids is 2. The number of allylic oxidation sites excluding steroid dienone is 1. The Bertz CT molecular complexity index is 1700. The number of nitrogens with one attached hydrogen (secondary N) is 2. The van der Waals surface area contributed by atoms with Crippen molar-refractivity contribution in [2.24, 2.45) is 22.4 Å². The van der Waals surface area contributed by atoms with E-state index in [9.17, 15) is 9.59 Å². The average molecular weight is 708 g/mol. The molecule has 0 aliphatic carbocycles. The predicted octanol–water partition coefficient (Wildman–Crippen LogP) is 10.3. The second-order valence-corrected chi connectivity index (χ2v) is 12.1. The third kappa shape index (κ3) is 16.2. The fraction of sp³-hybridized carbons (Fsp3) is 0.341. The molecule has 8 nitrogen and oxygen atoms in total. The molecule has 0 aliphatic heterocycles. The van der Waals surface area contributed by atoms with Gasteiger partial charge in [-0.2, -0.15) is 0 Å². The van der Waals surface area contributed by atoms with Crippen LogP contribution in [-0.4, -0.2) is 31.5 Å². The molecular weight excluding hydrogens is 647 g/mol. The van der Waals surface area contributed by atoms with Crippen molar-refractivity contribution in [1.82, 2.24) is 5.32 Å². The van der Waals surface area contributed by atoms with Gasteiger partial charge in [-0.1, -0.05) is 83.1 Å². The molecule has 4 aromatic rings. The molecule has 4 rings (SSSR count). The first-order chi connectivity index (χ1) is 25.1. The van der Waals surface area contributed by atoms with Gasteiger partial charge in [0, 0.05) is 24.2 Å². The zero-order chi connectivity index (χ0) is 38.9. The maximum Gasteiger partial charge on any atom is 0.255 e. The molecule has 0 fully saturated rings. The molecule has 1 unspecified atom stereocenters. The number of aryl methyl sites for hydroxylation is 2. The molecule has 0 aliphatic rings. The summed E-state index contributed by atoms with van der Waals surface area (Å²) in [5.74, 6) is 2.48. The van der Waals surface area contributed by atoms with Crippen molar-refractivity contribution < 1.29 is 14.3 Å². The van der Waals surface area contributed by atoms with Crippen molar-refractivity contribution in [1.29, 1.82) is 0 Å². The highest BCUT2D eigenvalue weighted by Gasteiger charge is 2.15. The molecule has 0 bridgehead atoms. The Kier molecular flexibility index (Phi) is 22.1. The molecule has 280 valence electrons. The van der Waals surface area contributed by atoms with Crippen LogP contribution in [0, 0.1) is 19.8 Å². The summed E-state index contributed by atoms with van der Waals surface area (Å²) >= 11 is 0. The van der Waals surface area contributed by atoms with E-state index in [-0.39, 0.29) is 11.8 Å². The molecule has 52 heavy (non-hydrogen) atoms. The number of para-hydroxylation sites is 1. The van der Waals surface area contributed by atoms with E-state index in [1.54, 1.807) is 0 Å².